The van der Waals surface area contributed by atoms with Crippen LogP contribution < -0.4 is 10.5 Å². The van der Waals surface area contributed by atoms with E-state index in [4.69, 9.17) is 10.5 Å². The van der Waals surface area contributed by atoms with Crippen molar-refractivity contribution in [2.75, 3.05) is 18.9 Å². The Bertz CT molecular complexity index is 481. The first-order chi connectivity index (χ1) is 8.08. The van der Waals surface area contributed by atoms with Gasteiger partial charge in [-0.3, -0.25) is 0 Å². The Morgan fingerprint density at radius 1 is 1.47 bits per heavy atom. The lowest BCUT2D eigenvalue weighted by Gasteiger charge is -2.11. The molecular weight excluding hydrogens is 240 g/mol. The summed E-state index contributed by atoms with van der Waals surface area (Å²) in [4.78, 5) is 0.190. The number of rotatable bonds is 4. The Morgan fingerprint density at radius 3 is 2.94 bits per heavy atom. The van der Waals surface area contributed by atoms with Crippen LogP contribution in [0.1, 0.15) is 12.8 Å². The third-order valence-corrected chi connectivity index (χ3v) is 4.11. The Kier molecular flexibility index (Phi) is 3.66. The van der Waals surface area contributed by atoms with E-state index >= 15 is 0 Å². The fourth-order valence-electron chi connectivity index (χ4n) is 1.77. The van der Waals surface area contributed by atoms with Crippen molar-refractivity contribution in [2.24, 2.45) is 0 Å². The lowest BCUT2D eigenvalue weighted by molar-refractivity contribution is 0.114. The number of sulfonamides is 1. The summed E-state index contributed by atoms with van der Waals surface area (Å²) >= 11 is 0. The molecule has 1 fully saturated rings. The van der Waals surface area contributed by atoms with E-state index in [1.807, 2.05) is 0 Å². The Morgan fingerprint density at radius 2 is 2.29 bits per heavy atom. The fourth-order valence-corrected chi connectivity index (χ4v) is 2.89. The first kappa shape index (κ1) is 12.3. The average molecular weight is 256 g/mol. The molecule has 1 heterocycles. The normalized spacial score (nSPS) is 20.6. The van der Waals surface area contributed by atoms with Gasteiger partial charge in [-0.15, -0.1) is 0 Å². The number of benzene rings is 1. The number of nitrogens with two attached hydrogens (primary N) is 1. The summed E-state index contributed by atoms with van der Waals surface area (Å²) in [7, 11) is -3.48. The predicted octanol–water partition coefficient (Wildman–Crippen LogP) is 0.726. The molecule has 6 heteroatoms. The topological polar surface area (TPSA) is 81.4 Å². The van der Waals surface area contributed by atoms with Crippen molar-refractivity contribution in [1.29, 1.82) is 0 Å². The summed E-state index contributed by atoms with van der Waals surface area (Å²) < 4.78 is 31.7. The summed E-state index contributed by atoms with van der Waals surface area (Å²) in [5.41, 5.74) is 5.99. The monoisotopic (exact) mass is 256 g/mol. The second kappa shape index (κ2) is 5.03. The highest BCUT2D eigenvalue weighted by Gasteiger charge is 2.20. The van der Waals surface area contributed by atoms with Crippen molar-refractivity contribution < 1.29 is 13.2 Å². The molecule has 1 aliphatic heterocycles. The second-order valence-electron chi connectivity index (χ2n) is 4.06. The molecule has 1 saturated heterocycles. The smallest absolute Gasteiger partial charge is 0.240 e. The van der Waals surface area contributed by atoms with E-state index in [9.17, 15) is 8.42 Å². The zero-order chi connectivity index (χ0) is 12.3. The number of hydrogen-bond donors (Lipinski definition) is 2. The molecule has 0 saturated carbocycles. The van der Waals surface area contributed by atoms with E-state index in [-0.39, 0.29) is 11.0 Å². The minimum atomic E-state index is -3.48. The minimum Gasteiger partial charge on any atom is -0.399 e. The van der Waals surface area contributed by atoms with Gasteiger partial charge in [0, 0.05) is 18.8 Å². The van der Waals surface area contributed by atoms with Gasteiger partial charge in [-0.2, -0.15) is 0 Å². The van der Waals surface area contributed by atoms with Gasteiger partial charge in [0.1, 0.15) is 0 Å². The number of anilines is 1. The van der Waals surface area contributed by atoms with Crippen LogP contribution in [-0.2, 0) is 14.8 Å². The first-order valence-electron chi connectivity index (χ1n) is 5.55. The summed E-state index contributed by atoms with van der Waals surface area (Å²) in [6.07, 6.45) is 1.88. The van der Waals surface area contributed by atoms with E-state index < -0.39 is 10.0 Å². The quantitative estimate of drug-likeness (QED) is 0.778. The molecule has 1 unspecified atom stereocenters. The summed E-state index contributed by atoms with van der Waals surface area (Å²) in [5.74, 6) is 0. The van der Waals surface area contributed by atoms with Crippen LogP contribution >= 0.6 is 0 Å². The standard InChI is InChI=1S/C11H16N2O3S/c12-9-3-1-5-11(7-9)17(14,15)13-8-10-4-2-6-16-10/h1,3,5,7,10,13H,2,4,6,8,12H2. The lowest BCUT2D eigenvalue weighted by atomic mass is 10.2. The van der Waals surface area contributed by atoms with Gasteiger partial charge in [-0.25, -0.2) is 13.1 Å². The van der Waals surface area contributed by atoms with Crippen LogP contribution in [0.5, 0.6) is 0 Å². The third kappa shape index (κ3) is 3.18. The lowest BCUT2D eigenvalue weighted by Crippen LogP contribution is -2.31. The fraction of sp³-hybridized carbons (Fsp3) is 0.455. The van der Waals surface area contributed by atoms with Gasteiger partial charge in [0.15, 0.2) is 0 Å². The molecule has 0 spiro atoms. The van der Waals surface area contributed by atoms with Crippen molar-refractivity contribution >= 4 is 15.7 Å². The number of ether oxygens (including phenoxy) is 1. The van der Waals surface area contributed by atoms with Gasteiger partial charge in [0.2, 0.25) is 10.0 Å². The predicted molar refractivity (Wildman–Crippen MR) is 65.0 cm³/mol. The SMILES string of the molecule is Nc1cccc(S(=O)(=O)NCC2CCCO2)c1. The van der Waals surface area contributed by atoms with E-state index in [0.717, 1.165) is 12.8 Å². The highest BCUT2D eigenvalue weighted by Crippen LogP contribution is 2.14. The molecule has 94 valence electrons. The van der Waals surface area contributed by atoms with Crippen LogP contribution in [0.3, 0.4) is 0 Å². The average Bonchev–Trinajstić information content (AvgIpc) is 2.79. The van der Waals surface area contributed by atoms with Gasteiger partial charge in [-0.1, -0.05) is 6.07 Å². The van der Waals surface area contributed by atoms with E-state index in [0.29, 0.717) is 18.8 Å². The van der Waals surface area contributed by atoms with Crippen LogP contribution in [0.2, 0.25) is 0 Å². The molecule has 0 amide bonds. The number of nitrogens with one attached hydrogen (secondary N) is 1. The molecule has 1 aromatic carbocycles. The van der Waals surface area contributed by atoms with Crippen molar-refractivity contribution in [3.63, 3.8) is 0 Å². The zero-order valence-electron chi connectivity index (χ0n) is 9.43. The molecule has 0 bridgehead atoms. The molecule has 1 aromatic rings. The van der Waals surface area contributed by atoms with E-state index in [1.54, 1.807) is 12.1 Å². The highest BCUT2D eigenvalue weighted by atomic mass is 32.2. The van der Waals surface area contributed by atoms with Gasteiger partial charge < -0.3 is 10.5 Å². The third-order valence-electron chi connectivity index (χ3n) is 2.69. The van der Waals surface area contributed by atoms with Crippen molar-refractivity contribution in [3.05, 3.63) is 24.3 Å². The van der Waals surface area contributed by atoms with Crippen LogP contribution in [0, 0.1) is 0 Å². The molecule has 1 atom stereocenters. The molecular formula is C11H16N2O3S. The molecule has 0 radical (unpaired) electrons. The maximum atomic E-state index is 11.9. The molecule has 2 rings (SSSR count). The molecule has 0 aliphatic carbocycles. The van der Waals surface area contributed by atoms with Crippen molar-refractivity contribution in [3.8, 4) is 0 Å². The zero-order valence-corrected chi connectivity index (χ0v) is 10.2. The maximum absolute atomic E-state index is 11.9. The molecule has 0 aromatic heterocycles. The molecule has 17 heavy (non-hydrogen) atoms. The maximum Gasteiger partial charge on any atom is 0.240 e. The van der Waals surface area contributed by atoms with E-state index in [1.165, 1.54) is 12.1 Å². The Hall–Kier alpha value is -1.11. The van der Waals surface area contributed by atoms with Crippen molar-refractivity contribution in [2.45, 2.75) is 23.8 Å². The number of nitrogen functional groups attached to an aromatic ring is 1. The van der Waals surface area contributed by atoms with Crippen LogP contribution in [0.25, 0.3) is 0 Å². The molecule has 3 N–H and O–H groups in total. The van der Waals surface area contributed by atoms with Crippen molar-refractivity contribution in [1.82, 2.24) is 4.72 Å². The molecule has 1 aliphatic rings. The van der Waals surface area contributed by atoms with Gasteiger partial charge >= 0.3 is 0 Å². The van der Waals surface area contributed by atoms with Gasteiger partial charge in [-0.05, 0) is 31.0 Å². The summed E-state index contributed by atoms with van der Waals surface area (Å²) in [6, 6.07) is 6.24. The highest BCUT2D eigenvalue weighted by molar-refractivity contribution is 7.89. The minimum absolute atomic E-state index is 0.00849. The molecule has 5 nitrogen and oxygen atoms in total. The largest absolute Gasteiger partial charge is 0.399 e. The Labute approximate surface area is 101 Å². The summed E-state index contributed by atoms with van der Waals surface area (Å²) in [6.45, 7) is 1.03. The Balaban J connectivity index is 2.03. The van der Waals surface area contributed by atoms with Crippen LogP contribution in [0.4, 0.5) is 5.69 Å². The van der Waals surface area contributed by atoms with Gasteiger partial charge in [0.05, 0.1) is 11.0 Å². The van der Waals surface area contributed by atoms with E-state index in [2.05, 4.69) is 4.72 Å². The van der Waals surface area contributed by atoms with Gasteiger partial charge in [0.25, 0.3) is 0 Å². The van der Waals surface area contributed by atoms with Crippen LogP contribution in [-0.4, -0.2) is 27.7 Å². The second-order valence-corrected chi connectivity index (χ2v) is 5.83. The van der Waals surface area contributed by atoms with Crippen LogP contribution in [0.15, 0.2) is 29.2 Å². The summed E-state index contributed by atoms with van der Waals surface area (Å²) in [5, 5.41) is 0. The first-order valence-corrected chi connectivity index (χ1v) is 7.03. The number of hydrogen-bond acceptors (Lipinski definition) is 4.